The summed E-state index contributed by atoms with van der Waals surface area (Å²) >= 11 is 0. The number of nitrogens with one attached hydrogen (secondary N) is 1. The number of nitrogens with zero attached hydrogens (tertiary/aromatic N) is 1. The van der Waals surface area contributed by atoms with Crippen molar-refractivity contribution in [1.29, 1.82) is 5.26 Å². The maximum absolute atomic E-state index is 11.9. The summed E-state index contributed by atoms with van der Waals surface area (Å²) in [5.74, 6) is -0.148. The quantitative estimate of drug-likeness (QED) is 0.764. The van der Waals surface area contributed by atoms with Gasteiger partial charge in [0, 0.05) is 6.54 Å². The van der Waals surface area contributed by atoms with Gasteiger partial charge in [-0.15, -0.1) is 0 Å². The van der Waals surface area contributed by atoms with Gasteiger partial charge in [-0.05, 0) is 38.0 Å². The molecule has 1 rings (SSSR count). The van der Waals surface area contributed by atoms with E-state index < -0.39 is 5.41 Å². The maximum Gasteiger partial charge on any atom is 0.240 e. The first-order chi connectivity index (χ1) is 7.81. The van der Waals surface area contributed by atoms with Crippen LogP contribution in [0.4, 0.5) is 0 Å². The number of carbonyl (C=O) groups is 1. The number of aliphatic hydroxyl groups is 1. The first-order valence-corrected chi connectivity index (χ1v) is 6.19. The predicted octanol–water partition coefficient (Wildman–Crippen LogP) is 1.59. The fourth-order valence-electron chi connectivity index (χ4n) is 2.28. The second-order valence-electron chi connectivity index (χ2n) is 5.95. The molecule has 0 aromatic carbocycles. The predicted molar refractivity (Wildman–Crippen MR) is 65.0 cm³/mol. The Morgan fingerprint density at radius 1 is 1.59 bits per heavy atom. The summed E-state index contributed by atoms with van der Waals surface area (Å²) in [6.07, 6.45) is 2.55. The molecule has 2 N–H and O–H groups in total. The lowest BCUT2D eigenvalue weighted by Gasteiger charge is -2.35. The molecule has 0 spiro atoms. The summed E-state index contributed by atoms with van der Waals surface area (Å²) in [6, 6.07) is 2.13. The summed E-state index contributed by atoms with van der Waals surface area (Å²) < 4.78 is 0. The average Bonchev–Trinajstić information content (AvgIpc) is 2.12. The fraction of sp³-hybridized carbons (Fsp3) is 0.846. The van der Waals surface area contributed by atoms with Gasteiger partial charge in [-0.25, -0.2) is 0 Å². The monoisotopic (exact) mass is 238 g/mol. The molecule has 0 aromatic rings. The molecule has 4 heteroatoms. The zero-order valence-corrected chi connectivity index (χ0v) is 10.9. The van der Waals surface area contributed by atoms with Gasteiger partial charge in [0.25, 0.3) is 0 Å². The van der Waals surface area contributed by atoms with Crippen LogP contribution in [0.15, 0.2) is 0 Å². The third kappa shape index (κ3) is 3.44. The largest absolute Gasteiger partial charge is 0.393 e. The molecule has 0 saturated heterocycles. The Morgan fingerprint density at radius 3 is 2.53 bits per heavy atom. The Bertz CT molecular complexity index is 325. The third-order valence-electron chi connectivity index (χ3n) is 3.43. The summed E-state index contributed by atoms with van der Waals surface area (Å²) in [4.78, 5) is 11.9. The van der Waals surface area contributed by atoms with Crippen LogP contribution in [-0.2, 0) is 4.79 Å². The first kappa shape index (κ1) is 14.0. The van der Waals surface area contributed by atoms with E-state index in [1.807, 2.05) is 13.8 Å². The summed E-state index contributed by atoms with van der Waals surface area (Å²) in [5, 5.41) is 21.2. The van der Waals surface area contributed by atoms with Crippen molar-refractivity contribution in [1.82, 2.24) is 5.32 Å². The third-order valence-corrected chi connectivity index (χ3v) is 3.43. The van der Waals surface area contributed by atoms with Crippen molar-refractivity contribution in [3.05, 3.63) is 0 Å². The summed E-state index contributed by atoms with van der Waals surface area (Å²) in [6.45, 7) is 6.24. The number of rotatable bonds is 5. The SMILES string of the molecule is CC(O)CC(C)(C)CNC(=O)C1(C#N)CCC1. The molecule has 4 nitrogen and oxygen atoms in total. The van der Waals surface area contributed by atoms with Gasteiger partial charge in [-0.2, -0.15) is 5.26 Å². The van der Waals surface area contributed by atoms with Crippen LogP contribution < -0.4 is 5.32 Å². The van der Waals surface area contributed by atoms with Crippen molar-refractivity contribution in [2.75, 3.05) is 6.54 Å². The molecule has 1 fully saturated rings. The van der Waals surface area contributed by atoms with Crippen LogP contribution in [0, 0.1) is 22.2 Å². The number of carbonyl (C=O) groups excluding carboxylic acids is 1. The molecule has 0 aromatic heterocycles. The van der Waals surface area contributed by atoms with E-state index in [2.05, 4.69) is 11.4 Å². The minimum absolute atomic E-state index is 0.148. The van der Waals surface area contributed by atoms with Crippen molar-refractivity contribution >= 4 is 5.91 Å². The van der Waals surface area contributed by atoms with Gasteiger partial charge in [0.1, 0.15) is 5.41 Å². The molecular weight excluding hydrogens is 216 g/mol. The molecule has 1 atom stereocenters. The van der Waals surface area contributed by atoms with Gasteiger partial charge in [0.05, 0.1) is 12.2 Å². The molecule has 1 saturated carbocycles. The highest BCUT2D eigenvalue weighted by Gasteiger charge is 2.44. The van der Waals surface area contributed by atoms with Crippen LogP contribution in [0.2, 0.25) is 0 Å². The molecule has 1 amide bonds. The highest BCUT2D eigenvalue weighted by atomic mass is 16.3. The molecule has 1 aliphatic rings. The van der Waals surface area contributed by atoms with Crippen LogP contribution in [0.1, 0.15) is 46.5 Å². The molecular formula is C13H22N2O2. The van der Waals surface area contributed by atoms with E-state index in [1.165, 1.54) is 0 Å². The zero-order chi connectivity index (χ0) is 13.1. The van der Waals surface area contributed by atoms with Crippen LogP contribution in [0.3, 0.4) is 0 Å². The Balaban J connectivity index is 2.46. The van der Waals surface area contributed by atoms with Gasteiger partial charge in [0.2, 0.25) is 5.91 Å². The van der Waals surface area contributed by atoms with Crippen LogP contribution >= 0.6 is 0 Å². The van der Waals surface area contributed by atoms with Gasteiger partial charge in [-0.3, -0.25) is 4.79 Å². The zero-order valence-electron chi connectivity index (χ0n) is 10.9. The lowest BCUT2D eigenvalue weighted by atomic mass is 9.69. The van der Waals surface area contributed by atoms with E-state index >= 15 is 0 Å². The van der Waals surface area contributed by atoms with Crippen LogP contribution in [-0.4, -0.2) is 23.7 Å². The van der Waals surface area contributed by atoms with Crippen LogP contribution in [0.5, 0.6) is 0 Å². The van der Waals surface area contributed by atoms with Crippen LogP contribution in [0.25, 0.3) is 0 Å². The molecule has 0 aliphatic heterocycles. The number of hydrogen-bond acceptors (Lipinski definition) is 3. The molecule has 96 valence electrons. The van der Waals surface area contributed by atoms with Crippen molar-refractivity contribution in [2.45, 2.75) is 52.6 Å². The number of aliphatic hydroxyl groups excluding tert-OH is 1. The van der Waals surface area contributed by atoms with Crippen molar-refractivity contribution in [3.8, 4) is 6.07 Å². The van der Waals surface area contributed by atoms with Crippen molar-refractivity contribution < 1.29 is 9.90 Å². The Kier molecular flexibility index (Phi) is 4.16. The van der Waals surface area contributed by atoms with E-state index in [1.54, 1.807) is 6.92 Å². The lowest BCUT2D eigenvalue weighted by molar-refractivity contribution is -0.132. The second-order valence-corrected chi connectivity index (χ2v) is 5.95. The second kappa shape index (κ2) is 5.05. The highest BCUT2D eigenvalue weighted by Crippen LogP contribution is 2.40. The molecule has 0 bridgehead atoms. The molecule has 1 unspecified atom stereocenters. The minimum atomic E-state index is -0.777. The Hall–Kier alpha value is -1.08. The first-order valence-electron chi connectivity index (χ1n) is 6.19. The molecule has 17 heavy (non-hydrogen) atoms. The average molecular weight is 238 g/mol. The van der Waals surface area contributed by atoms with Gasteiger partial charge >= 0.3 is 0 Å². The van der Waals surface area contributed by atoms with Gasteiger partial charge in [0.15, 0.2) is 0 Å². The molecule has 1 aliphatic carbocycles. The van der Waals surface area contributed by atoms with Crippen molar-refractivity contribution in [3.63, 3.8) is 0 Å². The number of hydrogen-bond donors (Lipinski definition) is 2. The Morgan fingerprint density at radius 2 is 2.18 bits per heavy atom. The normalized spacial score (nSPS) is 19.9. The molecule has 0 radical (unpaired) electrons. The van der Waals surface area contributed by atoms with E-state index in [0.717, 1.165) is 6.42 Å². The fourth-order valence-corrected chi connectivity index (χ4v) is 2.28. The Labute approximate surface area is 103 Å². The van der Waals surface area contributed by atoms with Gasteiger partial charge in [-0.1, -0.05) is 13.8 Å². The smallest absolute Gasteiger partial charge is 0.240 e. The minimum Gasteiger partial charge on any atom is -0.393 e. The standard InChI is InChI=1S/C13H22N2O2/c1-10(16)7-12(2,3)9-15-11(17)13(8-14)5-4-6-13/h10,16H,4-7,9H2,1-3H3,(H,15,17). The van der Waals surface area contributed by atoms with Gasteiger partial charge < -0.3 is 10.4 Å². The number of nitriles is 1. The van der Waals surface area contributed by atoms with E-state index in [9.17, 15) is 9.90 Å². The van der Waals surface area contributed by atoms with E-state index in [4.69, 9.17) is 5.26 Å². The topological polar surface area (TPSA) is 73.1 Å². The lowest BCUT2D eigenvalue weighted by Crippen LogP contribution is -2.47. The van der Waals surface area contributed by atoms with E-state index in [-0.39, 0.29) is 17.4 Å². The maximum atomic E-state index is 11.9. The van der Waals surface area contributed by atoms with E-state index in [0.29, 0.717) is 25.8 Å². The molecule has 0 heterocycles. The highest BCUT2D eigenvalue weighted by molar-refractivity contribution is 5.86. The summed E-state index contributed by atoms with van der Waals surface area (Å²) in [7, 11) is 0. The number of amides is 1. The van der Waals surface area contributed by atoms with Crippen molar-refractivity contribution in [2.24, 2.45) is 10.8 Å². The summed E-state index contributed by atoms with van der Waals surface area (Å²) in [5.41, 5.74) is -0.925.